The van der Waals surface area contributed by atoms with Crippen molar-refractivity contribution in [3.63, 3.8) is 0 Å². The lowest BCUT2D eigenvalue weighted by Crippen LogP contribution is -2.36. The van der Waals surface area contributed by atoms with Crippen molar-refractivity contribution in [2.45, 2.75) is 31.9 Å². The lowest BCUT2D eigenvalue weighted by Gasteiger charge is -2.21. The third-order valence-corrected chi connectivity index (χ3v) is 2.03. The Balaban J connectivity index is 2.49. The quantitative estimate of drug-likeness (QED) is 0.552. The molecule has 1 heterocycles. The highest BCUT2D eigenvalue weighted by Gasteiger charge is 2.26. The third-order valence-electron chi connectivity index (χ3n) is 2.03. The first-order chi connectivity index (χ1) is 4.75. The van der Waals surface area contributed by atoms with Crippen LogP contribution in [0.15, 0.2) is 0 Å². The van der Waals surface area contributed by atoms with E-state index in [0.717, 1.165) is 25.8 Å². The van der Waals surface area contributed by atoms with E-state index in [1.165, 1.54) is 0 Å². The van der Waals surface area contributed by atoms with Gasteiger partial charge in [-0.15, -0.1) is 0 Å². The monoisotopic (exact) mass is 143 g/mol. The fourth-order valence-corrected chi connectivity index (χ4v) is 1.46. The number of aliphatic hydroxyl groups is 1. The number of rotatable bonds is 2. The molecule has 0 aliphatic carbocycles. The van der Waals surface area contributed by atoms with Crippen LogP contribution in [0.4, 0.5) is 0 Å². The minimum atomic E-state index is -0.382. The van der Waals surface area contributed by atoms with Crippen LogP contribution in [0.3, 0.4) is 0 Å². The Kier molecular flexibility index (Phi) is 2.27. The van der Waals surface area contributed by atoms with Crippen LogP contribution in [-0.2, 0) is 4.79 Å². The van der Waals surface area contributed by atoms with E-state index in [1.807, 2.05) is 0 Å². The van der Waals surface area contributed by atoms with Crippen LogP contribution in [-0.4, -0.2) is 35.1 Å². The molecule has 0 aromatic carbocycles. The summed E-state index contributed by atoms with van der Waals surface area (Å²) in [4.78, 5) is 12.0. The van der Waals surface area contributed by atoms with Crippen molar-refractivity contribution in [2.24, 2.45) is 0 Å². The summed E-state index contributed by atoms with van der Waals surface area (Å²) in [5.74, 6) is 0. The SMILES string of the molecule is CC(O)[C@@H]1CCCN1C=O. The molecule has 0 aromatic heterocycles. The Morgan fingerprint density at radius 3 is 2.90 bits per heavy atom. The van der Waals surface area contributed by atoms with Crippen molar-refractivity contribution in [2.75, 3.05) is 6.54 Å². The Labute approximate surface area is 60.6 Å². The van der Waals surface area contributed by atoms with E-state index >= 15 is 0 Å². The van der Waals surface area contributed by atoms with Crippen molar-refractivity contribution in [3.05, 3.63) is 0 Å². The number of hydrogen-bond donors (Lipinski definition) is 1. The number of carbonyl (C=O) groups is 1. The summed E-state index contributed by atoms with van der Waals surface area (Å²) < 4.78 is 0. The summed E-state index contributed by atoms with van der Waals surface area (Å²) in [5.41, 5.74) is 0. The number of carbonyl (C=O) groups excluding carboxylic acids is 1. The van der Waals surface area contributed by atoms with Crippen LogP contribution >= 0.6 is 0 Å². The molecule has 1 N–H and O–H groups in total. The molecular formula is C7H13NO2. The van der Waals surface area contributed by atoms with Gasteiger partial charge in [-0.05, 0) is 19.8 Å². The molecule has 1 fully saturated rings. The molecule has 1 aliphatic heterocycles. The van der Waals surface area contributed by atoms with Gasteiger partial charge < -0.3 is 10.0 Å². The first kappa shape index (κ1) is 7.54. The summed E-state index contributed by atoms with van der Waals surface area (Å²) in [7, 11) is 0. The van der Waals surface area contributed by atoms with Crippen molar-refractivity contribution >= 4 is 6.41 Å². The zero-order valence-electron chi connectivity index (χ0n) is 6.16. The second kappa shape index (κ2) is 3.01. The summed E-state index contributed by atoms with van der Waals surface area (Å²) in [5, 5.41) is 9.15. The fraction of sp³-hybridized carbons (Fsp3) is 0.857. The number of nitrogens with zero attached hydrogens (tertiary/aromatic N) is 1. The lowest BCUT2D eigenvalue weighted by molar-refractivity contribution is -0.120. The second-order valence-electron chi connectivity index (χ2n) is 2.79. The molecular weight excluding hydrogens is 130 g/mol. The minimum Gasteiger partial charge on any atom is -0.391 e. The molecule has 2 atom stereocenters. The van der Waals surface area contributed by atoms with Gasteiger partial charge in [0.25, 0.3) is 0 Å². The summed E-state index contributed by atoms with van der Waals surface area (Å²) in [6.45, 7) is 2.53. The Hall–Kier alpha value is -0.570. The third kappa shape index (κ3) is 1.29. The van der Waals surface area contributed by atoms with Crippen LogP contribution in [0, 0.1) is 0 Å². The van der Waals surface area contributed by atoms with Gasteiger partial charge in [0.15, 0.2) is 0 Å². The molecule has 0 bridgehead atoms. The molecule has 1 saturated heterocycles. The van der Waals surface area contributed by atoms with E-state index in [-0.39, 0.29) is 12.1 Å². The predicted molar refractivity (Wildman–Crippen MR) is 37.5 cm³/mol. The molecule has 0 radical (unpaired) electrons. The smallest absolute Gasteiger partial charge is 0.210 e. The molecule has 58 valence electrons. The van der Waals surface area contributed by atoms with Crippen LogP contribution in [0.2, 0.25) is 0 Å². The molecule has 3 nitrogen and oxygen atoms in total. The number of aliphatic hydroxyl groups excluding tert-OH is 1. The van der Waals surface area contributed by atoms with Gasteiger partial charge in [0.05, 0.1) is 12.1 Å². The highest BCUT2D eigenvalue weighted by Crippen LogP contribution is 2.17. The van der Waals surface area contributed by atoms with Gasteiger partial charge in [0, 0.05) is 6.54 Å². The highest BCUT2D eigenvalue weighted by molar-refractivity contribution is 5.48. The molecule has 1 unspecified atom stereocenters. The molecule has 0 spiro atoms. The van der Waals surface area contributed by atoms with Gasteiger partial charge in [0.2, 0.25) is 6.41 Å². The summed E-state index contributed by atoms with van der Waals surface area (Å²) >= 11 is 0. The van der Waals surface area contributed by atoms with Crippen LogP contribution in [0.25, 0.3) is 0 Å². The van der Waals surface area contributed by atoms with E-state index in [9.17, 15) is 4.79 Å². The maximum Gasteiger partial charge on any atom is 0.210 e. The van der Waals surface area contributed by atoms with Crippen LogP contribution < -0.4 is 0 Å². The van der Waals surface area contributed by atoms with Crippen LogP contribution in [0.5, 0.6) is 0 Å². The van der Waals surface area contributed by atoms with E-state index in [1.54, 1.807) is 11.8 Å². The van der Waals surface area contributed by atoms with Gasteiger partial charge in [-0.3, -0.25) is 4.79 Å². The zero-order chi connectivity index (χ0) is 7.56. The lowest BCUT2D eigenvalue weighted by atomic mass is 10.1. The topological polar surface area (TPSA) is 40.5 Å². The molecule has 3 heteroatoms. The second-order valence-corrected chi connectivity index (χ2v) is 2.79. The molecule has 0 saturated carbocycles. The first-order valence-electron chi connectivity index (χ1n) is 3.65. The highest BCUT2D eigenvalue weighted by atomic mass is 16.3. The largest absolute Gasteiger partial charge is 0.391 e. The summed E-state index contributed by atoms with van der Waals surface area (Å²) in [6.07, 6.45) is 2.41. The molecule has 1 aliphatic rings. The Bertz CT molecular complexity index is 125. The Morgan fingerprint density at radius 1 is 1.80 bits per heavy atom. The minimum absolute atomic E-state index is 0.0671. The molecule has 10 heavy (non-hydrogen) atoms. The molecule has 0 aromatic rings. The Morgan fingerprint density at radius 2 is 2.50 bits per heavy atom. The van der Waals surface area contributed by atoms with Gasteiger partial charge in [-0.1, -0.05) is 0 Å². The predicted octanol–water partition coefficient (Wildman–Crippen LogP) is -0.0120. The van der Waals surface area contributed by atoms with Crippen molar-refractivity contribution in [1.29, 1.82) is 0 Å². The van der Waals surface area contributed by atoms with E-state index < -0.39 is 0 Å². The van der Waals surface area contributed by atoms with Crippen molar-refractivity contribution in [1.82, 2.24) is 4.90 Å². The number of hydrogen-bond acceptors (Lipinski definition) is 2. The fourth-order valence-electron chi connectivity index (χ4n) is 1.46. The van der Waals surface area contributed by atoms with Gasteiger partial charge in [-0.2, -0.15) is 0 Å². The van der Waals surface area contributed by atoms with Gasteiger partial charge in [-0.25, -0.2) is 0 Å². The average molecular weight is 143 g/mol. The van der Waals surface area contributed by atoms with E-state index in [4.69, 9.17) is 5.11 Å². The average Bonchev–Trinajstić information content (AvgIpc) is 2.33. The van der Waals surface area contributed by atoms with Crippen molar-refractivity contribution < 1.29 is 9.90 Å². The first-order valence-corrected chi connectivity index (χ1v) is 3.65. The standard InChI is InChI=1S/C7H13NO2/c1-6(10)7-3-2-4-8(7)5-9/h5-7,10H,2-4H2,1H3/t6?,7-/m0/s1. The molecule has 1 amide bonds. The van der Waals surface area contributed by atoms with Gasteiger partial charge >= 0.3 is 0 Å². The normalized spacial score (nSPS) is 28.6. The van der Waals surface area contributed by atoms with E-state index in [0.29, 0.717) is 0 Å². The maximum atomic E-state index is 10.3. The zero-order valence-corrected chi connectivity index (χ0v) is 6.16. The van der Waals surface area contributed by atoms with Crippen LogP contribution in [0.1, 0.15) is 19.8 Å². The van der Waals surface area contributed by atoms with E-state index in [2.05, 4.69) is 0 Å². The number of likely N-dealkylation sites (tertiary alicyclic amines) is 1. The summed E-state index contributed by atoms with van der Waals surface area (Å²) in [6, 6.07) is 0.0671. The van der Waals surface area contributed by atoms with Crippen molar-refractivity contribution in [3.8, 4) is 0 Å². The molecule has 1 rings (SSSR count). The van der Waals surface area contributed by atoms with Gasteiger partial charge in [0.1, 0.15) is 0 Å². The number of amides is 1. The maximum absolute atomic E-state index is 10.3.